The van der Waals surface area contributed by atoms with Crippen molar-refractivity contribution >= 4 is 5.97 Å². The summed E-state index contributed by atoms with van der Waals surface area (Å²) in [7, 11) is 3.17. The minimum atomic E-state index is -0.952. The third kappa shape index (κ3) is 2.96. The van der Waals surface area contributed by atoms with E-state index in [1.807, 2.05) is 30.3 Å². The Balaban J connectivity index is 1.91. The number of aromatic carboxylic acids is 1. The molecule has 0 amide bonds. The Morgan fingerprint density at radius 3 is 2.00 bits per heavy atom. The topological polar surface area (TPSA) is 68.9 Å². The summed E-state index contributed by atoms with van der Waals surface area (Å²) in [5, 5.41) is 8.95. The van der Waals surface area contributed by atoms with Gasteiger partial charge < -0.3 is 19.0 Å². The zero-order chi connectivity index (χ0) is 17.1. The van der Waals surface area contributed by atoms with Gasteiger partial charge in [-0.2, -0.15) is 0 Å². The Hall–Kier alpha value is -3.21. The second-order valence-electron chi connectivity index (χ2n) is 5.12. The molecule has 0 fully saturated rings. The molecule has 0 unspecified atom stereocenters. The van der Waals surface area contributed by atoms with Gasteiger partial charge in [0, 0.05) is 11.1 Å². The molecule has 3 rings (SSSR count). The Bertz CT molecular complexity index is 862. The van der Waals surface area contributed by atoms with Gasteiger partial charge in [0.25, 0.3) is 0 Å². The molecule has 5 nitrogen and oxygen atoms in total. The summed E-state index contributed by atoms with van der Waals surface area (Å²) >= 11 is 0. The van der Waals surface area contributed by atoms with Crippen LogP contribution in [0.25, 0.3) is 22.6 Å². The van der Waals surface area contributed by atoms with Gasteiger partial charge in [-0.1, -0.05) is 12.1 Å². The van der Waals surface area contributed by atoms with E-state index in [0.717, 1.165) is 11.1 Å². The van der Waals surface area contributed by atoms with Crippen LogP contribution in [0.15, 0.2) is 59.0 Å². The van der Waals surface area contributed by atoms with Crippen LogP contribution in [0.2, 0.25) is 0 Å². The Morgan fingerprint density at radius 1 is 0.833 bits per heavy atom. The van der Waals surface area contributed by atoms with Gasteiger partial charge in [0.05, 0.1) is 19.8 Å². The molecule has 1 N–H and O–H groups in total. The summed E-state index contributed by atoms with van der Waals surface area (Å²) in [4.78, 5) is 10.9. The number of hydrogen-bond acceptors (Lipinski definition) is 4. The summed E-state index contributed by atoms with van der Waals surface area (Å²) in [6, 6.07) is 15.8. The lowest BCUT2D eigenvalue weighted by molar-refractivity contribution is 0.0697. The lowest BCUT2D eigenvalue weighted by atomic mass is 10.1. The van der Waals surface area contributed by atoms with E-state index in [1.165, 1.54) is 0 Å². The Kier molecular flexibility index (Phi) is 4.24. The number of furan rings is 1. The lowest BCUT2D eigenvalue weighted by Crippen LogP contribution is -1.94. The molecular weight excluding hydrogens is 308 g/mol. The van der Waals surface area contributed by atoms with Crippen LogP contribution in [-0.4, -0.2) is 25.3 Å². The maximum Gasteiger partial charge on any atom is 0.335 e. The van der Waals surface area contributed by atoms with Gasteiger partial charge in [-0.05, 0) is 42.5 Å². The molecule has 1 aromatic heterocycles. The van der Waals surface area contributed by atoms with E-state index < -0.39 is 5.97 Å². The number of carboxylic acids is 1. The summed E-state index contributed by atoms with van der Waals surface area (Å²) in [5.41, 5.74) is 1.92. The van der Waals surface area contributed by atoms with E-state index in [4.69, 9.17) is 19.0 Å². The first kappa shape index (κ1) is 15.7. The van der Waals surface area contributed by atoms with E-state index in [1.54, 1.807) is 38.5 Å². The first-order valence-corrected chi connectivity index (χ1v) is 7.28. The highest BCUT2D eigenvalue weighted by atomic mass is 16.5. The van der Waals surface area contributed by atoms with Gasteiger partial charge in [0.2, 0.25) is 0 Å². The molecule has 0 saturated carbocycles. The molecule has 0 atom stereocenters. The standard InChI is InChI=1S/C19H16O5/c1-22-17-8-7-14(11-18(17)23-2)16-10-9-15(24-16)12-3-5-13(6-4-12)19(20)21/h3-11H,1-2H3,(H,20,21). The van der Waals surface area contributed by atoms with Crippen molar-refractivity contribution in [1.29, 1.82) is 0 Å². The van der Waals surface area contributed by atoms with Crippen LogP contribution < -0.4 is 9.47 Å². The summed E-state index contributed by atoms with van der Waals surface area (Å²) in [6.45, 7) is 0. The van der Waals surface area contributed by atoms with Crippen LogP contribution >= 0.6 is 0 Å². The first-order valence-electron chi connectivity index (χ1n) is 7.28. The van der Waals surface area contributed by atoms with Gasteiger partial charge in [0.15, 0.2) is 11.5 Å². The van der Waals surface area contributed by atoms with Gasteiger partial charge in [-0.15, -0.1) is 0 Å². The molecule has 1 heterocycles. The van der Waals surface area contributed by atoms with Crippen LogP contribution in [0.3, 0.4) is 0 Å². The number of ether oxygens (including phenoxy) is 2. The second-order valence-corrected chi connectivity index (χ2v) is 5.12. The lowest BCUT2D eigenvalue weighted by Gasteiger charge is -2.08. The van der Waals surface area contributed by atoms with E-state index in [-0.39, 0.29) is 5.56 Å². The maximum absolute atomic E-state index is 10.9. The van der Waals surface area contributed by atoms with Crippen molar-refractivity contribution in [2.45, 2.75) is 0 Å². The van der Waals surface area contributed by atoms with Crippen LogP contribution in [0.4, 0.5) is 0 Å². The van der Waals surface area contributed by atoms with Gasteiger partial charge in [0.1, 0.15) is 11.5 Å². The Morgan fingerprint density at radius 2 is 1.42 bits per heavy atom. The predicted octanol–water partition coefficient (Wildman–Crippen LogP) is 4.33. The normalized spacial score (nSPS) is 10.4. The molecule has 0 aliphatic heterocycles. The van der Waals surface area contributed by atoms with Crippen molar-refractivity contribution in [2.75, 3.05) is 14.2 Å². The maximum atomic E-state index is 10.9. The fraction of sp³-hybridized carbons (Fsp3) is 0.105. The van der Waals surface area contributed by atoms with Crippen molar-refractivity contribution in [3.05, 3.63) is 60.2 Å². The molecule has 0 saturated heterocycles. The number of benzene rings is 2. The first-order chi connectivity index (χ1) is 11.6. The van der Waals surface area contributed by atoms with E-state index in [9.17, 15) is 4.79 Å². The fourth-order valence-corrected chi connectivity index (χ4v) is 2.41. The largest absolute Gasteiger partial charge is 0.493 e. The number of carbonyl (C=O) groups is 1. The van der Waals surface area contributed by atoms with Crippen LogP contribution in [0, 0.1) is 0 Å². The predicted molar refractivity (Wildman–Crippen MR) is 89.6 cm³/mol. The molecule has 5 heteroatoms. The molecule has 0 bridgehead atoms. The minimum absolute atomic E-state index is 0.241. The molecule has 0 aliphatic carbocycles. The van der Waals surface area contributed by atoms with Gasteiger partial charge in [-0.3, -0.25) is 0 Å². The smallest absolute Gasteiger partial charge is 0.335 e. The van der Waals surface area contributed by atoms with E-state index in [0.29, 0.717) is 23.0 Å². The molecule has 2 aromatic carbocycles. The molecular formula is C19H16O5. The van der Waals surface area contributed by atoms with Crippen LogP contribution in [-0.2, 0) is 0 Å². The number of hydrogen-bond donors (Lipinski definition) is 1. The number of methoxy groups -OCH3 is 2. The average molecular weight is 324 g/mol. The highest BCUT2D eigenvalue weighted by molar-refractivity contribution is 5.88. The third-order valence-corrected chi connectivity index (χ3v) is 3.69. The Labute approximate surface area is 139 Å². The molecule has 0 spiro atoms. The minimum Gasteiger partial charge on any atom is -0.493 e. The van der Waals surface area contributed by atoms with E-state index >= 15 is 0 Å². The summed E-state index contributed by atoms with van der Waals surface area (Å²) in [6.07, 6.45) is 0. The fourth-order valence-electron chi connectivity index (χ4n) is 2.41. The highest BCUT2D eigenvalue weighted by Crippen LogP contribution is 2.34. The molecule has 0 aliphatic rings. The quantitative estimate of drug-likeness (QED) is 0.756. The number of carboxylic acid groups (broad SMARTS) is 1. The number of rotatable bonds is 5. The average Bonchev–Trinajstić information content (AvgIpc) is 3.11. The van der Waals surface area contributed by atoms with E-state index in [2.05, 4.69) is 0 Å². The van der Waals surface area contributed by atoms with Crippen molar-refractivity contribution in [3.8, 4) is 34.1 Å². The van der Waals surface area contributed by atoms with Crippen molar-refractivity contribution < 1.29 is 23.8 Å². The molecule has 0 radical (unpaired) electrons. The summed E-state index contributed by atoms with van der Waals surface area (Å²) in [5.74, 6) is 1.67. The molecule has 24 heavy (non-hydrogen) atoms. The molecule has 122 valence electrons. The SMILES string of the molecule is COc1ccc(-c2ccc(-c3ccc(C(=O)O)cc3)o2)cc1OC. The summed E-state index contributed by atoms with van der Waals surface area (Å²) < 4.78 is 16.4. The van der Waals surface area contributed by atoms with Crippen LogP contribution in [0.5, 0.6) is 11.5 Å². The van der Waals surface area contributed by atoms with Crippen LogP contribution in [0.1, 0.15) is 10.4 Å². The second kappa shape index (κ2) is 6.50. The third-order valence-electron chi connectivity index (χ3n) is 3.69. The molecule has 3 aromatic rings. The monoisotopic (exact) mass is 324 g/mol. The van der Waals surface area contributed by atoms with Crippen molar-refractivity contribution in [2.24, 2.45) is 0 Å². The van der Waals surface area contributed by atoms with Gasteiger partial charge in [-0.25, -0.2) is 4.79 Å². The zero-order valence-corrected chi connectivity index (χ0v) is 13.3. The van der Waals surface area contributed by atoms with Crippen molar-refractivity contribution in [3.63, 3.8) is 0 Å². The highest BCUT2D eigenvalue weighted by Gasteiger charge is 2.11. The van der Waals surface area contributed by atoms with Crippen molar-refractivity contribution in [1.82, 2.24) is 0 Å². The van der Waals surface area contributed by atoms with Gasteiger partial charge >= 0.3 is 5.97 Å². The zero-order valence-electron chi connectivity index (χ0n) is 13.3.